The molecule has 18 heavy (non-hydrogen) atoms. The van der Waals surface area contributed by atoms with E-state index < -0.39 is 9.84 Å². The molecule has 0 radical (unpaired) electrons. The molecule has 0 bridgehead atoms. The van der Waals surface area contributed by atoms with Crippen molar-refractivity contribution in [3.63, 3.8) is 0 Å². The Kier molecular flexibility index (Phi) is 3.82. The van der Waals surface area contributed by atoms with Gasteiger partial charge in [-0.3, -0.25) is 0 Å². The van der Waals surface area contributed by atoms with Gasteiger partial charge in [0.2, 0.25) is 0 Å². The number of hydrogen-bond acceptors (Lipinski definition) is 3. The summed E-state index contributed by atoms with van der Waals surface area (Å²) in [4.78, 5) is 0. The molecule has 2 rings (SSSR count). The summed E-state index contributed by atoms with van der Waals surface area (Å²) in [7, 11) is -3.01. The van der Waals surface area contributed by atoms with Crippen LogP contribution in [0.25, 0.3) is 0 Å². The van der Waals surface area contributed by atoms with Crippen LogP contribution < -0.4 is 5.32 Å². The second-order valence-corrected chi connectivity index (χ2v) is 6.59. The van der Waals surface area contributed by atoms with Crippen LogP contribution in [0, 0.1) is 5.82 Å². The molecule has 0 saturated carbocycles. The summed E-state index contributed by atoms with van der Waals surface area (Å²) in [6.07, 6.45) is 2.42. The molecule has 1 aliphatic rings. The average molecular weight is 269 g/mol. The Hall–Kier alpha value is -1.20. The zero-order chi connectivity index (χ0) is 13.2. The second-order valence-electron chi connectivity index (χ2n) is 4.66. The predicted octanol–water partition coefficient (Wildman–Crippen LogP) is 1.66. The first kappa shape index (κ1) is 13.2. The number of benzene rings is 1. The maximum atomic E-state index is 12.7. The Labute approximate surface area is 107 Å². The minimum atomic E-state index is -3.01. The molecular formula is C13H16FNO2S. The molecule has 98 valence electrons. The van der Waals surface area contributed by atoms with Crippen LogP contribution in [0.3, 0.4) is 0 Å². The molecule has 0 saturated heterocycles. The van der Waals surface area contributed by atoms with Crippen LogP contribution in [-0.2, 0) is 16.3 Å². The molecule has 1 aliphatic heterocycles. The van der Waals surface area contributed by atoms with Crippen molar-refractivity contribution in [2.75, 3.05) is 5.75 Å². The number of sulfone groups is 1. The lowest BCUT2D eigenvalue weighted by atomic mass is 10.1. The molecule has 0 amide bonds. The zero-order valence-corrected chi connectivity index (χ0v) is 11.0. The van der Waals surface area contributed by atoms with Crippen molar-refractivity contribution < 1.29 is 12.8 Å². The van der Waals surface area contributed by atoms with Crippen molar-refractivity contribution in [1.29, 1.82) is 0 Å². The predicted molar refractivity (Wildman–Crippen MR) is 69.4 cm³/mol. The lowest BCUT2D eigenvalue weighted by Gasteiger charge is -2.17. The summed E-state index contributed by atoms with van der Waals surface area (Å²) in [6, 6.07) is 6.37. The number of nitrogens with one attached hydrogen (secondary N) is 1. The summed E-state index contributed by atoms with van der Waals surface area (Å²) in [5.41, 5.74) is 1.03. The minimum absolute atomic E-state index is 0.120. The van der Waals surface area contributed by atoms with E-state index in [0.717, 1.165) is 12.0 Å². The molecule has 0 aliphatic carbocycles. The third-order valence-corrected chi connectivity index (χ3v) is 4.28. The highest BCUT2D eigenvalue weighted by Crippen LogP contribution is 2.11. The quantitative estimate of drug-likeness (QED) is 0.904. The Morgan fingerprint density at radius 2 is 2.06 bits per heavy atom. The van der Waals surface area contributed by atoms with Crippen LogP contribution >= 0.6 is 0 Å². The summed E-state index contributed by atoms with van der Waals surface area (Å²) in [5, 5.41) is 4.50. The van der Waals surface area contributed by atoms with E-state index in [1.807, 2.05) is 6.92 Å². The van der Waals surface area contributed by atoms with Crippen LogP contribution in [0.4, 0.5) is 4.39 Å². The van der Waals surface area contributed by atoms with Gasteiger partial charge in [0.05, 0.1) is 5.75 Å². The highest BCUT2D eigenvalue weighted by atomic mass is 32.2. The first-order valence-corrected chi connectivity index (χ1v) is 7.57. The van der Waals surface area contributed by atoms with E-state index in [1.165, 1.54) is 17.5 Å². The first-order chi connectivity index (χ1) is 8.44. The van der Waals surface area contributed by atoms with E-state index in [1.54, 1.807) is 18.2 Å². The lowest BCUT2D eigenvalue weighted by molar-refractivity contribution is 0.513. The maximum absolute atomic E-state index is 12.7. The molecular weight excluding hydrogens is 253 g/mol. The molecule has 0 fully saturated rings. The Morgan fingerprint density at radius 3 is 2.61 bits per heavy atom. The third kappa shape index (κ3) is 3.65. The molecule has 1 aromatic rings. The molecule has 2 unspecified atom stereocenters. The fraction of sp³-hybridized carbons (Fsp3) is 0.385. The number of rotatable bonds is 4. The topological polar surface area (TPSA) is 46.2 Å². The Bertz CT molecular complexity index is 537. The average Bonchev–Trinajstić information content (AvgIpc) is 2.61. The summed E-state index contributed by atoms with van der Waals surface area (Å²) >= 11 is 0. The van der Waals surface area contributed by atoms with E-state index >= 15 is 0 Å². The Morgan fingerprint density at radius 1 is 1.39 bits per heavy atom. The van der Waals surface area contributed by atoms with Gasteiger partial charge in [-0.25, -0.2) is 12.8 Å². The fourth-order valence-electron chi connectivity index (χ4n) is 2.08. The monoisotopic (exact) mass is 269 g/mol. The van der Waals surface area contributed by atoms with Crippen molar-refractivity contribution in [3.8, 4) is 0 Å². The lowest BCUT2D eigenvalue weighted by Crippen LogP contribution is -2.38. The molecule has 1 heterocycles. The largest absolute Gasteiger partial charge is 0.307 e. The van der Waals surface area contributed by atoms with Gasteiger partial charge in [0, 0.05) is 17.5 Å². The standard InChI is InChI=1S/C13H16FNO2S/c1-10(8-11-2-4-12(14)5-3-11)15-13-6-7-18(16,17)9-13/h2-7,10,13,15H,8-9H2,1H3. The summed E-state index contributed by atoms with van der Waals surface area (Å²) < 4.78 is 35.2. The number of halogens is 1. The highest BCUT2D eigenvalue weighted by molar-refractivity contribution is 7.94. The molecule has 0 aromatic heterocycles. The van der Waals surface area contributed by atoms with Crippen molar-refractivity contribution in [2.24, 2.45) is 0 Å². The van der Waals surface area contributed by atoms with Crippen LogP contribution in [-0.4, -0.2) is 26.3 Å². The van der Waals surface area contributed by atoms with Crippen molar-refractivity contribution in [1.82, 2.24) is 5.32 Å². The highest BCUT2D eigenvalue weighted by Gasteiger charge is 2.22. The van der Waals surface area contributed by atoms with Gasteiger partial charge in [-0.2, -0.15) is 0 Å². The van der Waals surface area contributed by atoms with Gasteiger partial charge in [0.25, 0.3) is 0 Å². The van der Waals surface area contributed by atoms with Crippen LogP contribution in [0.15, 0.2) is 35.7 Å². The fourth-order valence-corrected chi connectivity index (χ4v) is 3.33. The van der Waals surface area contributed by atoms with Crippen molar-refractivity contribution >= 4 is 9.84 Å². The van der Waals surface area contributed by atoms with Crippen LogP contribution in [0.1, 0.15) is 12.5 Å². The number of hydrogen-bond donors (Lipinski definition) is 1. The van der Waals surface area contributed by atoms with E-state index in [0.29, 0.717) is 0 Å². The van der Waals surface area contributed by atoms with Crippen molar-refractivity contribution in [2.45, 2.75) is 25.4 Å². The second kappa shape index (κ2) is 5.20. The summed E-state index contributed by atoms with van der Waals surface area (Å²) in [5.74, 6) is -0.120. The molecule has 1 aromatic carbocycles. The summed E-state index contributed by atoms with van der Waals surface area (Å²) in [6.45, 7) is 1.99. The first-order valence-electron chi connectivity index (χ1n) is 5.86. The van der Waals surface area contributed by atoms with E-state index in [9.17, 15) is 12.8 Å². The molecule has 2 atom stereocenters. The SMILES string of the molecule is CC(Cc1ccc(F)cc1)NC1C=CS(=O)(=O)C1. The van der Waals surface area contributed by atoms with Crippen LogP contribution in [0.5, 0.6) is 0 Å². The molecule has 5 heteroatoms. The normalized spacial score (nSPS) is 23.1. The van der Waals surface area contributed by atoms with E-state index in [2.05, 4.69) is 5.32 Å². The minimum Gasteiger partial charge on any atom is -0.307 e. The Balaban J connectivity index is 1.88. The smallest absolute Gasteiger partial charge is 0.173 e. The van der Waals surface area contributed by atoms with E-state index in [-0.39, 0.29) is 23.7 Å². The van der Waals surface area contributed by atoms with Crippen molar-refractivity contribution in [3.05, 3.63) is 47.1 Å². The maximum Gasteiger partial charge on any atom is 0.173 e. The van der Waals surface area contributed by atoms with Gasteiger partial charge in [-0.1, -0.05) is 18.2 Å². The third-order valence-electron chi connectivity index (χ3n) is 2.88. The van der Waals surface area contributed by atoms with Gasteiger partial charge in [0.1, 0.15) is 5.82 Å². The molecule has 1 N–H and O–H groups in total. The van der Waals surface area contributed by atoms with Gasteiger partial charge in [0.15, 0.2) is 9.84 Å². The van der Waals surface area contributed by atoms with Gasteiger partial charge < -0.3 is 5.32 Å². The van der Waals surface area contributed by atoms with Crippen LogP contribution in [0.2, 0.25) is 0 Å². The van der Waals surface area contributed by atoms with Gasteiger partial charge in [-0.05, 0) is 31.0 Å². The van der Waals surface area contributed by atoms with Gasteiger partial charge in [-0.15, -0.1) is 0 Å². The molecule has 0 spiro atoms. The zero-order valence-electron chi connectivity index (χ0n) is 10.1. The van der Waals surface area contributed by atoms with E-state index in [4.69, 9.17) is 0 Å². The van der Waals surface area contributed by atoms with Gasteiger partial charge >= 0.3 is 0 Å². The molecule has 3 nitrogen and oxygen atoms in total.